The lowest BCUT2D eigenvalue weighted by Crippen LogP contribution is -2.55. The first kappa shape index (κ1) is 25.6. The van der Waals surface area contributed by atoms with Crippen LogP contribution in [-0.2, 0) is 30.4 Å². The molecule has 182 valence electrons. The van der Waals surface area contributed by atoms with E-state index < -0.39 is 24.0 Å². The van der Waals surface area contributed by atoms with E-state index in [9.17, 15) is 19.5 Å². The summed E-state index contributed by atoms with van der Waals surface area (Å²) >= 11 is 0. The van der Waals surface area contributed by atoms with Gasteiger partial charge in [0.25, 0.3) is 17.7 Å². The van der Waals surface area contributed by atoms with Gasteiger partial charge >= 0.3 is 0 Å². The molecule has 0 radical (unpaired) electrons. The maximum Gasteiger partial charge on any atom is 0.259 e. The highest BCUT2D eigenvalue weighted by Crippen LogP contribution is 2.26. The molecule has 2 heterocycles. The average molecular weight is 491 g/mol. The Morgan fingerprint density at radius 3 is 2.44 bits per heavy atom. The lowest BCUT2D eigenvalue weighted by atomic mass is 10.1. The van der Waals surface area contributed by atoms with Gasteiger partial charge in [0.2, 0.25) is 0 Å². The first-order valence-corrected chi connectivity index (χ1v) is 10.7. The van der Waals surface area contributed by atoms with Crippen LogP contribution in [0.5, 0.6) is 0 Å². The summed E-state index contributed by atoms with van der Waals surface area (Å²) in [7, 11) is 0. The number of nitrogens with zero attached hydrogens (tertiary/aromatic N) is 2. The van der Waals surface area contributed by atoms with E-state index in [0.717, 1.165) is 5.56 Å². The number of rotatable bonds is 6. The molecule has 0 aromatic heterocycles. The third kappa shape index (κ3) is 5.54. The Bertz CT molecular complexity index is 1030. The van der Waals surface area contributed by atoms with E-state index >= 15 is 0 Å². The third-order valence-electron chi connectivity index (χ3n) is 5.57. The van der Waals surface area contributed by atoms with E-state index in [1.165, 1.54) is 4.90 Å². The molecule has 1 unspecified atom stereocenters. The summed E-state index contributed by atoms with van der Waals surface area (Å²) in [5.41, 5.74) is 8.14. The van der Waals surface area contributed by atoms with Crippen molar-refractivity contribution in [3.05, 3.63) is 54.1 Å². The van der Waals surface area contributed by atoms with E-state index in [4.69, 9.17) is 15.2 Å². The van der Waals surface area contributed by atoms with Crippen LogP contribution in [0.4, 0.5) is 17.1 Å². The minimum atomic E-state index is -1.70. The normalized spacial score (nSPS) is 19.4. The van der Waals surface area contributed by atoms with Crippen LogP contribution in [0, 0.1) is 0 Å². The summed E-state index contributed by atoms with van der Waals surface area (Å²) in [6.07, 6.45) is -3.05. The van der Waals surface area contributed by atoms with E-state index in [1.54, 1.807) is 53.4 Å². The van der Waals surface area contributed by atoms with Crippen molar-refractivity contribution in [2.24, 2.45) is 5.73 Å². The number of anilines is 3. The van der Waals surface area contributed by atoms with Crippen LogP contribution in [0.25, 0.3) is 0 Å². The SMILES string of the molecule is Cl.NCc1ccc(NC(=O)C(O)[C@H]2OCCN(c3cccc(N4CCOCC4=O)c3)C2=O)cc1. The molecule has 11 heteroatoms. The van der Waals surface area contributed by atoms with E-state index in [2.05, 4.69) is 5.32 Å². The van der Waals surface area contributed by atoms with E-state index in [-0.39, 0.29) is 38.1 Å². The average Bonchev–Trinajstić information content (AvgIpc) is 2.84. The smallest absolute Gasteiger partial charge is 0.259 e. The van der Waals surface area contributed by atoms with Gasteiger partial charge in [-0.2, -0.15) is 0 Å². The molecular weight excluding hydrogens is 464 g/mol. The Morgan fingerprint density at radius 1 is 1.09 bits per heavy atom. The Balaban J connectivity index is 0.00000324. The number of halogens is 1. The van der Waals surface area contributed by atoms with Gasteiger partial charge in [0.15, 0.2) is 12.2 Å². The van der Waals surface area contributed by atoms with Crippen LogP contribution in [0.1, 0.15) is 5.56 Å². The molecule has 0 saturated carbocycles. The molecule has 2 aliphatic rings. The zero-order chi connectivity index (χ0) is 23.4. The Morgan fingerprint density at radius 2 is 1.76 bits per heavy atom. The summed E-state index contributed by atoms with van der Waals surface area (Å²) in [6.45, 7) is 1.65. The quantitative estimate of drug-likeness (QED) is 0.541. The van der Waals surface area contributed by atoms with Crippen molar-refractivity contribution in [1.82, 2.24) is 0 Å². The van der Waals surface area contributed by atoms with Gasteiger partial charge in [0, 0.05) is 36.7 Å². The van der Waals surface area contributed by atoms with Crippen LogP contribution >= 0.6 is 12.4 Å². The molecule has 10 nitrogen and oxygen atoms in total. The number of aliphatic hydroxyl groups is 1. The largest absolute Gasteiger partial charge is 0.380 e. The number of morpholine rings is 2. The van der Waals surface area contributed by atoms with Crippen LogP contribution in [0.3, 0.4) is 0 Å². The Labute approximate surface area is 203 Å². The maximum absolute atomic E-state index is 13.1. The lowest BCUT2D eigenvalue weighted by Gasteiger charge is -2.35. The molecule has 2 aromatic rings. The summed E-state index contributed by atoms with van der Waals surface area (Å²) in [5, 5.41) is 13.1. The second-order valence-electron chi connectivity index (χ2n) is 7.73. The zero-order valence-corrected chi connectivity index (χ0v) is 19.2. The van der Waals surface area contributed by atoms with Gasteiger partial charge in [-0.15, -0.1) is 12.4 Å². The molecule has 2 saturated heterocycles. The molecule has 4 N–H and O–H groups in total. The number of amides is 3. The third-order valence-corrected chi connectivity index (χ3v) is 5.57. The highest BCUT2D eigenvalue weighted by molar-refractivity contribution is 6.04. The molecule has 4 rings (SSSR count). The highest BCUT2D eigenvalue weighted by atomic mass is 35.5. The second kappa shape index (κ2) is 11.4. The highest BCUT2D eigenvalue weighted by Gasteiger charge is 2.39. The fourth-order valence-electron chi connectivity index (χ4n) is 3.79. The van der Waals surface area contributed by atoms with Crippen LogP contribution in [0.15, 0.2) is 48.5 Å². The molecule has 0 spiro atoms. The topological polar surface area (TPSA) is 134 Å². The maximum atomic E-state index is 13.1. The van der Waals surface area contributed by atoms with Crippen LogP contribution in [-0.4, -0.2) is 67.9 Å². The van der Waals surface area contributed by atoms with Gasteiger partial charge in [-0.05, 0) is 35.9 Å². The van der Waals surface area contributed by atoms with Crippen molar-refractivity contribution in [1.29, 1.82) is 0 Å². The fourth-order valence-corrected chi connectivity index (χ4v) is 3.79. The molecule has 3 amide bonds. The van der Waals surface area contributed by atoms with Crippen molar-refractivity contribution in [2.45, 2.75) is 18.8 Å². The monoisotopic (exact) mass is 490 g/mol. The fraction of sp³-hybridized carbons (Fsp3) is 0.348. The minimum absolute atomic E-state index is 0. The predicted molar refractivity (Wildman–Crippen MR) is 128 cm³/mol. The number of aliphatic hydroxyl groups excluding tert-OH is 1. The van der Waals surface area contributed by atoms with E-state index in [1.807, 2.05) is 0 Å². The van der Waals surface area contributed by atoms with Gasteiger partial charge in [-0.3, -0.25) is 14.4 Å². The van der Waals surface area contributed by atoms with Crippen LogP contribution < -0.4 is 20.9 Å². The van der Waals surface area contributed by atoms with Crippen molar-refractivity contribution in [3.63, 3.8) is 0 Å². The number of nitrogens with one attached hydrogen (secondary N) is 1. The lowest BCUT2D eigenvalue weighted by molar-refractivity contribution is -0.150. The summed E-state index contributed by atoms with van der Waals surface area (Å²) < 4.78 is 10.6. The van der Waals surface area contributed by atoms with Crippen molar-refractivity contribution in [3.8, 4) is 0 Å². The van der Waals surface area contributed by atoms with Crippen LogP contribution in [0.2, 0.25) is 0 Å². The predicted octanol–water partition coefficient (Wildman–Crippen LogP) is 0.662. The summed E-state index contributed by atoms with van der Waals surface area (Å²) in [4.78, 5) is 40.9. The van der Waals surface area contributed by atoms with Gasteiger partial charge in [0.1, 0.15) is 6.61 Å². The van der Waals surface area contributed by atoms with E-state index in [0.29, 0.717) is 36.8 Å². The van der Waals surface area contributed by atoms with Gasteiger partial charge < -0.3 is 35.4 Å². The molecule has 2 aliphatic heterocycles. The Hall–Kier alpha value is -3.02. The molecule has 0 aliphatic carbocycles. The van der Waals surface area contributed by atoms with Crippen molar-refractivity contribution < 1.29 is 29.0 Å². The molecule has 0 bridgehead atoms. The number of hydrogen-bond acceptors (Lipinski definition) is 7. The van der Waals surface area contributed by atoms with Gasteiger partial charge in [-0.25, -0.2) is 0 Å². The second-order valence-corrected chi connectivity index (χ2v) is 7.73. The number of hydrogen-bond donors (Lipinski definition) is 3. The van der Waals surface area contributed by atoms with Gasteiger partial charge in [-0.1, -0.05) is 18.2 Å². The number of carbonyl (C=O) groups excluding carboxylic acids is 3. The van der Waals surface area contributed by atoms with Gasteiger partial charge in [0.05, 0.1) is 13.2 Å². The van der Waals surface area contributed by atoms with Crippen molar-refractivity contribution >= 4 is 47.2 Å². The number of ether oxygens (including phenoxy) is 2. The number of benzene rings is 2. The first-order chi connectivity index (χ1) is 16.0. The summed E-state index contributed by atoms with van der Waals surface area (Å²) in [6, 6.07) is 13.9. The molecule has 2 atom stereocenters. The molecule has 2 fully saturated rings. The minimum Gasteiger partial charge on any atom is -0.380 e. The van der Waals surface area contributed by atoms with Crippen molar-refractivity contribution in [2.75, 3.05) is 48.0 Å². The first-order valence-electron chi connectivity index (χ1n) is 10.7. The molecule has 34 heavy (non-hydrogen) atoms. The number of nitrogens with two attached hydrogens (primary N) is 1. The zero-order valence-electron chi connectivity index (χ0n) is 18.4. The standard InChI is InChI=1S/C23H26N4O6.ClH/c24-13-15-4-6-16(7-5-15)25-22(30)20(29)21-23(31)27(9-11-33-21)18-3-1-2-17(12-18)26-8-10-32-14-19(26)28;/h1-7,12,20-21,29H,8-11,13-14,24H2,(H,25,30);1H/t20?,21-;/m1./s1. The molecular formula is C23H27ClN4O6. The Kier molecular flexibility index (Phi) is 8.59. The summed E-state index contributed by atoms with van der Waals surface area (Å²) in [5.74, 6) is -1.44. The number of carbonyl (C=O) groups is 3. The molecule has 2 aromatic carbocycles.